The van der Waals surface area contributed by atoms with E-state index in [1.54, 1.807) is 0 Å². The van der Waals surface area contributed by atoms with Gasteiger partial charge in [0.2, 0.25) is 0 Å². The first kappa shape index (κ1) is 14.2. The number of ether oxygens (including phenoxy) is 1. The number of hydrogen-bond acceptors (Lipinski definition) is 5. The molecule has 0 atom stereocenters. The van der Waals surface area contributed by atoms with Crippen LogP contribution in [-0.4, -0.2) is 23.0 Å². The summed E-state index contributed by atoms with van der Waals surface area (Å²) in [7, 11) is 1.09. The van der Waals surface area contributed by atoms with E-state index in [9.17, 15) is 23.7 Å². The fraction of sp³-hybridized carbons (Fsp3) is 0.333. The zero-order valence-corrected chi connectivity index (χ0v) is 9.78. The van der Waals surface area contributed by atoms with Crippen LogP contribution in [0.25, 0.3) is 0 Å². The van der Waals surface area contributed by atoms with E-state index in [1.807, 2.05) is 0 Å². The Kier molecular flexibility index (Phi) is 4.49. The number of carbonyl (C=O) groups excluding carboxylic acids is 1. The quantitative estimate of drug-likeness (QED) is 0.366. The van der Waals surface area contributed by atoms with Gasteiger partial charge in [-0.3, -0.25) is 14.9 Å². The van der Waals surface area contributed by atoms with E-state index in [4.69, 9.17) is 11.6 Å². The molecule has 0 aliphatic carbocycles. The summed E-state index contributed by atoms with van der Waals surface area (Å²) in [5.41, 5.74) is -1.76. The van der Waals surface area contributed by atoms with Crippen LogP contribution in [0.3, 0.4) is 0 Å². The first-order chi connectivity index (χ1) is 8.36. The van der Waals surface area contributed by atoms with Crippen LogP contribution in [-0.2, 0) is 16.0 Å². The smallest absolute Gasteiger partial charge is 0.310 e. The number of rotatable bonds is 4. The largest absolute Gasteiger partial charge is 0.469 e. The van der Waals surface area contributed by atoms with Crippen molar-refractivity contribution in [3.8, 4) is 0 Å². The van der Waals surface area contributed by atoms with Gasteiger partial charge in [0.1, 0.15) is 10.8 Å². The second kappa shape index (κ2) is 5.67. The summed E-state index contributed by atoms with van der Waals surface area (Å²) in [4.78, 5) is 24.2. The summed E-state index contributed by atoms with van der Waals surface area (Å²) in [5, 5.41) is 10.2. The molecule has 1 rings (SSSR count). The Balaban J connectivity index is 3.31. The number of aromatic nitrogens is 1. The van der Waals surface area contributed by atoms with Crippen molar-refractivity contribution >= 4 is 23.3 Å². The maximum absolute atomic E-state index is 12.4. The third-order valence-corrected chi connectivity index (χ3v) is 2.35. The lowest BCUT2D eigenvalue weighted by Crippen LogP contribution is -2.09. The van der Waals surface area contributed by atoms with Gasteiger partial charge in [-0.05, 0) is 0 Å². The van der Waals surface area contributed by atoms with Gasteiger partial charge in [-0.15, -0.1) is 0 Å². The molecule has 98 valence electrons. The Labute approximate surface area is 105 Å². The Morgan fingerprint density at radius 2 is 2.28 bits per heavy atom. The topological polar surface area (TPSA) is 82.3 Å². The van der Waals surface area contributed by atoms with Gasteiger partial charge in [0.25, 0.3) is 12.1 Å². The average molecular weight is 281 g/mol. The number of nitrogens with zero attached hydrogens (tertiary/aromatic N) is 2. The number of halogens is 3. The molecular weight excluding hydrogens is 274 g/mol. The molecule has 9 heteroatoms. The standard InChI is InChI=1S/C9H7ClF2N2O4/c1-18-7(15)2-4-6(14(16)17)3-5(9(11)12)13-8(4)10/h3,9H,2H2,1H3. The zero-order chi connectivity index (χ0) is 13.9. The molecule has 0 fully saturated rings. The lowest BCUT2D eigenvalue weighted by atomic mass is 10.1. The van der Waals surface area contributed by atoms with Crippen LogP contribution in [0.15, 0.2) is 6.07 Å². The molecule has 6 nitrogen and oxygen atoms in total. The van der Waals surface area contributed by atoms with E-state index in [-0.39, 0.29) is 5.56 Å². The number of pyridine rings is 1. The highest BCUT2D eigenvalue weighted by Crippen LogP contribution is 2.30. The summed E-state index contributed by atoms with van der Waals surface area (Å²) in [6.45, 7) is 0. The van der Waals surface area contributed by atoms with Gasteiger partial charge in [-0.1, -0.05) is 11.6 Å². The minimum absolute atomic E-state index is 0.252. The van der Waals surface area contributed by atoms with Crippen LogP contribution < -0.4 is 0 Å². The van der Waals surface area contributed by atoms with Gasteiger partial charge in [0.15, 0.2) is 0 Å². The first-order valence-electron chi connectivity index (χ1n) is 4.55. The van der Waals surface area contributed by atoms with Crippen LogP contribution in [0.4, 0.5) is 14.5 Å². The number of carbonyl (C=O) groups is 1. The SMILES string of the molecule is COC(=O)Cc1c([N+](=O)[O-])cc(C(F)F)nc1Cl. The molecule has 0 saturated heterocycles. The van der Waals surface area contributed by atoms with Crippen molar-refractivity contribution in [3.05, 3.63) is 32.6 Å². The predicted molar refractivity (Wildman–Crippen MR) is 56.6 cm³/mol. The fourth-order valence-corrected chi connectivity index (χ4v) is 1.46. The van der Waals surface area contributed by atoms with Crippen molar-refractivity contribution < 1.29 is 23.2 Å². The molecule has 0 bridgehead atoms. The molecule has 0 aliphatic heterocycles. The summed E-state index contributed by atoms with van der Waals surface area (Å²) in [5.74, 6) is -0.786. The maximum Gasteiger partial charge on any atom is 0.310 e. The van der Waals surface area contributed by atoms with Gasteiger partial charge in [-0.25, -0.2) is 13.8 Å². The minimum Gasteiger partial charge on any atom is -0.469 e. The van der Waals surface area contributed by atoms with Crippen LogP contribution in [0.2, 0.25) is 5.15 Å². The van der Waals surface area contributed by atoms with Crippen molar-refractivity contribution in [1.29, 1.82) is 0 Å². The van der Waals surface area contributed by atoms with Crippen LogP contribution in [0.5, 0.6) is 0 Å². The molecule has 1 aromatic rings. The van der Waals surface area contributed by atoms with E-state index in [0.717, 1.165) is 7.11 Å². The number of nitro groups is 1. The van der Waals surface area contributed by atoms with E-state index in [0.29, 0.717) is 6.07 Å². The zero-order valence-electron chi connectivity index (χ0n) is 9.02. The summed E-state index contributed by atoms with van der Waals surface area (Å²) in [6, 6.07) is 0.592. The second-order valence-corrected chi connectivity index (χ2v) is 3.50. The molecule has 18 heavy (non-hydrogen) atoms. The molecule has 0 N–H and O–H groups in total. The number of esters is 1. The Bertz CT molecular complexity index is 496. The van der Waals surface area contributed by atoms with Crippen molar-refractivity contribution in [3.63, 3.8) is 0 Å². The Hall–Kier alpha value is -1.83. The molecule has 0 aliphatic rings. The Morgan fingerprint density at radius 1 is 1.67 bits per heavy atom. The molecule has 0 aromatic carbocycles. The fourth-order valence-electron chi connectivity index (χ4n) is 1.20. The highest BCUT2D eigenvalue weighted by atomic mass is 35.5. The van der Waals surface area contributed by atoms with Gasteiger partial charge in [0.05, 0.1) is 24.0 Å². The summed E-state index contributed by atoms with van der Waals surface area (Å²) in [6.07, 6.45) is -3.50. The average Bonchev–Trinajstić information content (AvgIpc) is 2.30. The van der Waals surface area contributed by atoms with Crippen molar-refractivity contribution in [2.24, 2.45) is 0 Å². The number of alkyl halides is 2. The lowest BCUT2D eigenvalue weighted by molar-refractivity contribution is -0.385. The minimum atomic E-state index is -2.99. The lowest BCUT2D eigenvalue weighted by Gasteiger charge is -2.06. The Morgan fingerprint density at radius 3 is 2.72 bits per heavy atom. The van der Waals surface area contributed by atoms with Crippen molar-refractivity contribution in [2.75, 3.05) is 7.11 Å². The van der Waals surface area contributed by atoms with Gasteiger partial charge >= 0.3 is 5.97 Å². The highest BCUT2D eigenvalue weighted by Gasteiger charge is 2.25. The normalized spacial score (nSPS) is 10.5. The number of methoxy groups -OCH3 is 1. The monoisotopic (exact) mass is 280 g/mol. The van der Waals surface area contributed by atoms with Crippen LogP contribution in [0.1, 0.15) is 17.7 Å². The molecule has 1 aromatic heterocycles. The highest BCUT2D eigenvalue weighted by molar-refractivity contribution is 6.30. The van der Waals surface area contributed by atoms with E-state index in [1.165, 1.54) is 0 Å². The molecule has 0 spiro atoms. The van der Waals surface area contributed by atoms with Gasteiger partial charge in [-0.2, -0.15) is 0 Å². The van der Waals surface area contributed by atoms with Crippen molar-refractivity contribution in [2.45, 2.75) is 12.8 Å². The van der Waals surface area contributed by atoms with E-state index >= 15 is 0 Å². The van der Waals surface area contributed by atoms with E-state index < -0.39 is 40.3 Å². The second-order valence-electron chi connectivity index (χ2n) is 3.15. The third-order valence-electron chi connectivity index (χ3n) is 2.04. The van der Waals surface area contributed by atoms with Crippen LogP contribution in [0, 0.1) is 10.1 Å². The van der Waals surface area contributed by atoms with Gasteiger partial charge < -0.3 is 4.74 Å². The van der Waals surface area contributed by atoms with Gasteiger partial charge in [0, 0.05) is 6.07 Å². The molecule has 1 heterocycles. The first-order valence-corrected chi connectivity index (χ1v) is 4.93. The molecule has 0 unspecified atom stereocenters. The third kappa shape index (κ3) is 3.10. The molecule has 0 amide bonds. The maximum atomic E-state index is 12.4. The molecular formula is C9H7ClF2N2O4. The van der Waals surface area contributed by atoms with Crippen molar-refractivity contribution in [1.82, 2.24) is 4.98 Å². The predicted octanol–water partition coefficient (Wildman–Crippen LogP) is 2.30. The van der Waals surface area contributed by atoms with Crippen LogP contribution >= 0.6 is 11.6 Å². The number of hydrogen-bond donors (Lipinski definition) is 0. The summed E-state index contributed by atoms with van der Waals surface area (Å²) < 4.78 is 29.2. The molecule has 0 saturated carbocycles. The summed E-state index contributed by atoms with van der Waals surface area (Å²) >= 11 is 5.57. The molecule has 0 radical (unpaired) electrons. The van der Waals surface area contributed by atoms with E-state index in [2.05, 4.69) is 9.72 Å².